The summed E-state index contributed by atoms with van der Waals surface area (Å²) in [6.45, 7) is 5.11. The van der Waals surface area contributed by atoms with Gasteiger partial charge in [-0.25, -0.2) is 9.97 Å². The number of rotatable bonds is 6. The zero-order chi connectivity index (χ0) is 23.5. The number of nitrogens with zero attached hydrogens (tertiary/aromatic N) is 7. The van der Waals surface area contributed by atoms with Crippen LogP contribution in [-0.4, -0.2) is 87.2 Å². The Morgan fingerprint density at radius 2 is 1.91 bits per heavy atom. The van der Waals surface area contributed by atoms with Gasteiger partial charge in [-0.05, 0) is 38.1 Å². The smallest absolute Gasteiger partial charge is 0.236 e. The second-order valence-electron chi connectivity index (χ2n) is 8.92. The van der Waals surface area contributed by atoms with E-state index in [4.69, 9.17) is 4.42 Å². The molecule has 3 aromatic rings. The van der Waals surface area contributed by atoms with Crippen LogP contribution >= 0.6 is 0 Å². The second-order valence-corrected chi connectivity index (χ2v) is 8.92. The molecule has 0 unspecified atom stereocenters. The van der Waals surface area contributed by atoms with E-state index >= 15 is 0 Å². The van der Waals surface area contributed by atoms with E-state index in [-0.39, 0.29) is 17.7 Å². The van der Waals surface area contributed by atoms with E-state index in [1.807, 2.05) is 24.1 Å². The Bertz CT molecular complexity index is 1130. The summed E-state index contributed by atoms with van der Waals surface area (Å²) in [5.41, 5.74) is 0.807. The molecule has 34 heavy (non-hydrogen) atoms. The lowest BCUT2D eigenvalue weighted by molar-refractivity contribution is -0.133. The van der Waals surface area contributed by atoms with Gasteiger partial charge in [-0.1, -0.05) is 0 Å². The first-order valence-electron chi connectivity index (χ1n) is 11.8. The molecule has 0 atom stereocenters. The summed E-state index contributed by atoms with van der Waals surface area (Å²) in [7, 11) is 1.87. The van der Waals surface area contributed by atoms with Crippen LogP contribution in [0.15, 0.2) is 35.3 Å². The fraction of sp³-hybridized carbons (Fsp3) is 0.522. The maximum absolute atomic E-state index is 12.9. The Kier molecular flexibility index (Phi) is 6.43. The molecule has 2 aliphatic heterocycles. The van der Waals surface area contributed by atoms with E-state index < -0.39 is 0 Å². The van der Waals surface area contributed by atoms with Crippen molar-refractivity contribution < 1.29 is 14.0 Å². The molecule has 0 radical (unpaired) electrons. The van der Waals surface area contributed by atoms with E-state index in [1.165, 1.54) is 0 Å². The standard InChI is InChI=1S/C23H30N8O3/c1-28-21-19(14-27-28)22(26-16-25-21)31-10-8-30(9-11-31)20(32)15-29-6-4-17(5-7-29)23(33)24-13-18-3-2-12-34-18/h2-3,12,14,16-17H,4-11,13,15H2,1H3,(H,24,33). The molecule has 0 aromatic carbocycles. The number of carbonyl (C=O) groups is 2. The van der Waals surface area contributed by atoms with Gasteiger partial charge in [-0.3, -0.25) is 19.2 Å². The molecule has 5 rings (SSSR count). The summed E-state index contributed by atoms with van der Waals surface area (Å²) in [5, 5.41) is 8.16. The van der Waals surface area contributed by atoms with E-state index in [1.54, 1.807) is 23.5 Å². The predicted molar refractivity (Wildman–Crippen MR) is 125 cm³/mol. The van der Waals surface area contributed by atoms with E-state index in [0.717, 1.165) is 61.6 Å². The molecule has 0 aliphatic carbocycles. The number of likely N-dealkylation sites (tertiary alicyclic amines) is 1. The third kappa shape index (κ3) is 4.74. The largest absolute Gasteiger partial charge is 0.467 e. The Morgan fingerprint density at radius 1 is 1.12 bits per heavy atom. The average Bonchev–Trinajstić information content (AvgIpc) is 3.53. The minimum atomic E-state index is -0.0120. The van der Waals surface area contributed by atoms with Gasteiger partial charge in [-0.2, -0.15) is 5.10 Å². The quantitative estimate of drug-likeness (QED) is 0.563. The molecule has 2 fully saturated rings. The topological polar surface area (TPSA) is 113 Å². The van der Waals surface area contributed by atoms with Gasteiger partial charge in [0.25, 0.3) is 0 Å². The average molecular weight is 467 g/mol. The van der Waals surface area contributed by atoms with Crippen LogP contribution in [0, 0.1) is 5.92 Å². The zero-order valence-electron chi connectivity index (χ0n) is 19.4. The molecule has 11 heteroatoms. The van der Waals surface area contributed by atoms with Crippen molar-refractivity contribution in [2.45, 2.75) is 19.4 Å². The van der Waals surface area contributed by atoms with Crippen LogP contribution in [-0.2, 0) is 23.2 Å². The maximum Gasteiger partial charge on any atom is 0.236 e. The van der Waals surface area contributed by atoms with E-state index in [0.29, 0.717) is 26.2 Å². The number of amides is 2. The van der Waals surface area contributed by atoms with Crippen LogP contribution in [0.4, 0.5) is 5.82 Å². The van der Waals surface area contributed by atoms with Gasteiger partial charge in [0.05, 0.1) is 30.9 Å². The lowest BCUT2D eigenvalue weighted by Gasteiger charge is -2.37. The summed E-state index contributed by atoms with van der Waals surface area (Å²) < 4.78 is 7.01. The summed E-state index contributed by atoms with van der Waals surface area (Å²) in [6, 6.07) is 3.66. The number of hydrogen-bond acceptors (Lipinski definition) is 8. The molecular weight excluding hydrogens is 436 g/mol. The molecule has 1 N–H and O–H groups in total. The van der Waals surface area contributed by atoms with Crippen molar-refractivity contribution >= 4 is 28.7 Å². The first-order valence-corrected chi connectivity index (χ1v) is 11.8. The highest BCUT2D eigenvalue weighted by atomic mass is 16.3. The maximum atomic E-state index is 12.9. The minimum Gasteiger partial charge on any atom is -0.467 e. The first-order chi connectivity index (χ1) is 16.6. The van der Waals surface area contributed by atoms with Crippen molar-refractivity contribution in [3.8, 4) is 0 Å². The van der Waals surface area contributed by atoms with Crippen molar-refractivity contribution in [3.63, 3.8) is 0 Å². The van der Waals surface area contributed by atoms with E-state index in [9.17, 15) is 9.59 Å². The van der Waals surface area contributed by atoms with Crippen molar-refractivity contribution in [1.82, 2.24) is 34.9 Å². The van der Waals surface area contributed by atoms with Crippen LogP contribution in [0.3, 0.4) is 0 Å². The Labute approximate surface area is 197 Å². The third-order valence-electron chi connectivity index (χ3n) is 6.77. The molecule has 2 aliphatic rings. The second kappa shape index (κ2) is 9.80. The summed E-state index contributed by atoms with van der Waals surface area (Å²) in [4.78, 5) is 40.4. The minimum absolute atomic E-state index is 0.0120. The number of piperidine rings is 1. The zero-order valence-corrected chi connectivity index (χ0v) is 19.4. The first kappa shape index (κ1) is 22.3. The molecular formula is C23H30N8O3. The number of aromatic nitrogens is 4. The number of nitrogens with one attached hydrogen (secondary N) is 1. The number of carbonyl (C=O) groups excluding carboxylic acids is 2. The number of furan rings is 1. The highest BCUT2D eigenvalue weighted by Gasteiger charge is 2.28. The number of anilines is 1. The molecule has 2 amide bonds. The number of piperazine rings is 1. The summed E-state index contributed by atoms with van der Waals surface area (Å²) >= 11 is 0. The third-order valence-corrected chi connectivity index (χ3v) is 6.77. The van der Waals surface area contributed by atoms with E-state index in [2.05, 4.69) is 30.2 Å². The Hall–Kier alpha value is -3.47. The predicted octanol–water partition coefficient (Wildman–Crippen LogP) is 0.633. The van der Waals surface area contributed by atoms with Gasteiger partial charge >= 0.3 is 0 Å². The highest BCUT2D eigenvalue weighted by molar-refractivity contribution is 5.87. The van der Waals surface area contributed by atoms with Gasteiger partial charge in [0.1, 0.15) is 17.9 Å². The molecule has 2 saturated heterocycles. The highest BCUT2D eigenvalue weighted by Crippen LogP contribution is 2.23. The lowest BCUT2D eigenvalue weighted by Crippen LogP contribution is -2.52. The molecule has 5 heterocycles. The monoisotopic (exact) mass is 466 g/mol. The van der Waals surface area contributed by atoms with Crippen LogP contribution in [0.5, 0.6) is 0 Å². The van der Waals surface area contributed by atoms with Crippen molar-refractivity contribution in [1.29, 1.82) is 0 Å². The van der Waals surface area contributed by atoms with Crippen LogP contribution in [0.2, 0.25) is 0 Å². The Morgan fingerprint density at radius 3 is 2.65 bits per heavy atom. The molecule has 180 valence electrons. The van der Waals surface area contributed by atoms with Gasteiger partial charge < -0.3 is 19.5 Å². The molecule has 0 saturated carbocycles. The van der Waals surface area contributed by atoms with Gasteiger partial charge in [0.2, 0.25) is 11.8 Å². The van der Waals surface area contributed by atoms with Crippen LogP contribution in [0.25, 0.3) is 11.0 Å². The molecule has 11 nitrogen and oxygen atoms in total. The molecule has 0 spiro atoms. The number of fused-ring (bicyclic) bond motifs is 1. The number of hydrogen-bond donors (Lipinski definition) is 1. The fourth-order valence-electron chi connectivity index (χ4n) is 4.75. The van der Waals surface area contributed by atoms with Crippen LogP contribution < -0.4 is 10.2 Å². The van der Waals surface area contributed by atoms with Gasteiger partial charge in [0.15, 0.2) is 5.65 Å². The normalized spacial score (nSPS) is 17.9. The Balaban J connectivity index is 1.07. The molecule has 3 aromatic heterocycles. The summed E-state index contributed by atoms with van der Waals surface area (Å²) in [6.07, 6.45) is 6.49. The SMILES string of the molecule is Cn1ncc2c(N3CCN(C(=O)CN4CCC(C(=O)NCc5ccco5)CC4)CC3)ncnc21. The van der Waals surface area contributed by atoms with Crippen LogP contribution in [0.1, 0.15) is 18.6 Å². The van der Waals surface area contributed by atoms with Crippen molar-refractivity contribution in [2.24, 2.45) is 13.0 Å². The van der Waals surface area contributed by atoms with Crippen molar-refractivity contribution in [2.75, 3.05) is 50.7 Å². The lowest BCUT2D eigenvalue weighted by atomic mass is 9.96. The summed E-state index contributed by atoms with van der Waals surface area (Å²) in [5.74, 6) is 1.82. The molecule has 0 bridgehead atoms. The van der Waals surface area contributed by atoms with Gasteiger partial charge in [-0.15, -0.1) is 0 Å². The number of aryl methyl sites for hydroxylation is 1. The van der Waals surface area contributed by atoms with Gasteiger partial charge in [0, 0.05) is 39.1 Å². The fourth-order valence-corrected chi connectivity index (χ4v) is 4.75. The van der Waals surface area contributed by atoms with Crippen molar-refractivity contribution in [3.05, 3.63) is 36.7 Å².